The van der Waals surface area contributed by atoms with Crippen LogP contribution in [0.15, 0.2) is 23.2 Å². The van der Waals surface area contributed by atoms with Crippen LogP contribution < -0.4 is 5.32 Å². The van der Waals surface area contributed by atoms with Crippen molar-refractivity contribution in [2.75, 3.05) is 39.9 Å². The van der Waals surface area contributed by atoms with Gasteiger partial charge in [-0.2, -0.15) is 0 Å². The van der Waals surface area contributed by atoms with Crippen molar-refractivity contribution in [1.29, 1.82) is 0 Å². The summed E-state index contributed by atoms with van der Waals surface area (Å²) in [6, 6.07) is 4.25. The number of imide groups is 1. The van der Waals surface area contributed by atoms with Crippen molar-refractivity contribution in [2.24, 2.45) is 4.99 Å². The zero-order chi connectivity index (χ0) is 19.8. The molecule has 3 aliphatic rings. The van der Waals surface area contributed by atoms with Gasteiger partial charge in [0.05, 0.1) is 19.8 Å². The molecule has 150 valence electrons. The molecule has 1 aromatic rings. The molecule has 4 rings (SSSR count). The number of hydrogen-bond acceptors (Lipinski definition) is 6. The number of halogens is 2. The van der Waals surface area contributed by atoms with E-state index in [1.807, 2.05) is 4.90 Å². The van der Waals surface area contributed by atoms with E-state index in [4.69, 9.17) is 32.9 Å². The van der Waals surface area contributed by atoms with Gasteiger partial charge in [-0.1, -0.05) is 29.3 Å². The molecule has 2 unspecified atom stereocenters. The van der Waals surface area contributed by atoms with Crippen molar-refractivity contribution >= 4 is 41.0 Å². The van der Waals surface area contributed by atoms with E-state index in [0.29, 0.717) is 36.3 Å². The van der Waals surface area contributed by atoms with E-state index in [-0.39, 0.29) is 5.91 Å². The van der Waals surface area contributed by atoms with E-state index in [1.165, 1.54) is 4.90 Å². The molecule has 1 N–H and O–H groups in total. The van der Waals surface area contributed by atoms with Crippen molar-refractivity contribution in [3.05, 3.63) is 33.8 Å². The fraction of sp³-hybridized carbons (Fsp3) is 0.500. The summed E-state index contributed by atoms with van der Waals surface area (Å²) in [5.74, 6) is 0.376. The predicted octanol–water partition coefficient (Wildman–Crippen LogP) is 1.42. The molecule has 28 heavy (non-hydrogen) atoms. The molecule has 10 heteroatoms. The van der Waals surface area contributed by atoms with Gasteiger partial charge in [-0.3, -0.25) is 15.0 Å². The average Bonchev–Trinajstić information content (AvgIpc) is 3.02. The van der Waals surface area contributed by atoms with Crippen molar-refractivity contribution in [1.82, 2.24) is 20.0 Å². The molecule has 0 aromatic heterocycles. The number of rotatable bonds is 4. The number of ether oxygens (including phenoxy) is 1. The Balaban J connectivity index is 1.66. The molecule has 2 saturated heterocycles. The van der Waals surface area contributed by atoms with Crippen LogP contribution in [-0.4, -0.2) is 84.6 Å². The number of morpholine rings is 1. The molecule has 0 aliphatic carbocycles. The number of carbonyl (C=O) groups is 2. The maximum atomic E-state index is 12.7. The van der Waals surface area contributed by atoms with Crippen LogP contribution in [0, 0.1) is 0 Å². The summed E-state index contributed by atoms with van der Waals surface area (Å²) < 4.78 is 5.41. The van der Waals surface area contributed by atoms with Crippen LogP contribution in [0.5, 0.6) is 0 Å². The van der Waals surface area contributed by atoms with Crippen LogP contribution in [0.2, 0.25) is 10.0 Å². The number of carbonyl (C=O) groups excluding carboxylic acids is 2. The fourth-order valence-electron chi connectivity index (χ4n) is 3.72. The lowest BCUT2D eigenvalue weighted by atomic mass is 10.1. The summed E-state index contributed by atoms with van der Waals surface area (Å²) in [4.78, 5) is 35.1. The minimum absolute atomic E-state index is 0.332. The first-order valence-corrected chi connectivity index (χ1v) is 9.85. The highest BCUT2D eigenvalue weighted by Crippen LogP contribution is 2.31. The summed E-state index contributed by atoms with van der Waals surface area (Å²) in [5.41, 5.74) is 0.730. The Morgan fingerprint density at radius 2 is 1.86 bits per heavy atom. The molecule has 0 saturated carbocycles. The molecule has 0 bridgehead atoms. The van der Waals surface area contributed by atoms with Gasteiger partial charge in [-0.15, -0.1) is 0 Å². The molecule has 0 spiro atoms. The Labute approximate surface area is 173 Å². The van der Waals surface area contributed by atoms with Gasteiger partial charge in [0.2, 0.25) is 0 Å². The molecule has 0 radical (unpaired) electrons. The molecule has 8 nitrogen and oxygen atoms in total. The Bertz CT molecular complexity index is 807. The number of benzene rings is 1. The number of amides is 3. The zero-order valence-electron chi connectivity index (χ0n) is 15.4. The highest BCUT2D eigenvalue weighted by atomic mass is 35.5. The van der Waals surface area contributed by atoms with E-state index < -0.39 is 18.2 Å². The predicted molar refractivity (Wildman–Crippen MR) is 106 cm³/mol. The molecular formula is C18H21Cl2N5O3. The molecule has 3 amide bonds. The van der Waals surface area contributed by atoms with E-state index in [9.17, 15) is 9.59 Å². The molecule has 2 fully saturated rings. The summed E-state index contributed by atoms with van der Waals surface area (Å²) >= 11 is 12.7. The number of urea groups is 1. The molecule has 3 heterocycles. The third-order valence-corrected chi connectivity index (χ3v) is 6.01. The monoisotopic (exact) mass is 425 g/mol. The van der Waals surface area contributed by atoms with Crippen molar-refractivity contribution in [2.45, 2.75) is 18.8 Å². The van der Waals surface area contributed by atoms with Crippen molar-refractivity contribution in [3.63, 3.8) is 0 Å². The Hall–Kier alpha value is -1.87. The number of nitrogens with one attached hydrogen (secondary N) is 1. The van der Waals surface area contributed by atoms with Gasteiger partial charge in [0.15, 0.2) is 12.2 Å². The maximum Gasteiger partial charge on any atom is 0.325 e. The van der Waals surface area contributed by atoms with Gasteiger partial charge < -0.3 is 14.5 Å². The number of nitrogens with zero attached hydrogens (tertiary/aromatic N) is 4. The normalized spacial score (nSPS) is 25.6. The standard InChI is InChI=1S/C18H21Cl2N5O3/c1-23-16-15(17(26)22-18(23)27)25(9-11-12(19)3-2-4-13(11)20)14(21-16)10-24-5-7-28-8-6-24/h2-4,15-16H,5-10H2,1H3,(H,22,26,27). The van der Waals surface area contributed by atoms with Crippen molar-refractivity contribution in [3.8, 4) is 0 Å². The van der Waals surface area contributed by atoms with E-state index in [1.54, 1.807) is 25.2 Å². The lowest BCUT2D eigenvalue weighted by molar-refractivity contribution is -0.127. The second-order valence-corrected chi connectivity index (χ2v) is 7.84. The highest BCUT2D eigenvalue weighted by Gasteiger charge is 2.48. The highest BCUT2D eigenvalue weighted by molar-refractivity contribution is 6.36. The molecule has 1 aromatic carbocycles. The number of aliphatic imine (C=N–C) groups is 1. The summed E-state index contributed by atoms with van der Waals surface area (Å²) in [6.07, 6.45) is -0.571. The third kappa shape index (κ3) is 3.57. The molecule has 2 atom stereocenters. The van der Waals surface area contributed by atoms with Crippen LogP contribution in [0.25, 0.3) is 0 Å². The Morgan fingerprint density at radius 3 is 2.54 bits per heavy atom. The van der Waals surface area contributed by atoms with E-state index in [0.717, 1.165) is 24.5 Å². The first kappa shape index (κ1) is 19.4. The van der Waals surface area contributed by atoms with Crippen LogP contribution in [0.1, 0.15) is 5.56 Å². The maximum absolute atomic E-state index is 12.7. The molecule has 3 aliphatic heterocycles. The van der Waals surface area contributed by atoms with Gasteiger partial charge in [0, 0.05) is 42.3 Å². The van der Waals surface area contributed by atoms with Crippen LogP contribution >= 0.6 is 23.2 Å². The zero-order valence-corrected chi connectivity index (χ0v) is 16.9. The first-order chi connectivity index (χ1) is 13.5. The van der Waals surface area contributed by atoms with E-state index in [2.05, 4.69) is 10.2 Å². The van der Waals surface area contributed by atoms with Gasteiger partial charge in [0.25, 0.3) is 5.91 Å². The van der Waals surface area contributed by atoms with Crippen LogP contribution in [0.4, 0.5) is 4.79 Å². The lowest BCUT2D eigenvalue weighted by Gasteiger charge is -2.37. The largest absolute Gasteiger partial charge is 0.379 e. The number of fused-ring (bicyclic) bond motifs is 1. The van der Waals surface area contributed by atoms with Crippen molar-refractivity contribution < 1.29 is 14.3 Å². The Morgan fingerprint density at radius 1 is 1.18 bits per heavy atom. The topological polar surface area (TPSA) is 77.5 Å². The van der Waals surface area contributed by atoms with Gasteiger partial charge in [-0.25, -0.2) is 9.79 Å². The SMILES string of the molecule is CN1C(=O)NC(=O)C2C1N=C(CN1CCOCC1)N2Cc1c(Cl)cccc1Cl. The van der Waals surface area contributed by atoms with Gasteiger partial charge in [0.1, 0.15) is 5.84 Å². The summed E-state index contributed by atoms with van der Waals surface area (Å²) in [7, 11) is 1.64. The second-order valence-electron chi connectivity index (χ2n) is 7.03. The number of amidine groups is 1. The average molecular weight is 426 g/mol. The minimum Gasteiger partial charge on any atom is -0.379 e. The number of hydrogen-bond donors (Lipinski definition) is 1. The second kappa shape index (κ2) is 7.87. The summed E-state index contributed by atoms with van der Waals surface area (Å²) in [5, 5.41) is 3.46. The van der Waals surface area contributed by atoms with Crippen LogP contribution in [0.3, 0.4) is 0 Å². The third-order valence-electron chi connectivity index (χ3n) is 5.31. The summed E-state index contributed by atoms with van der Waals surface area (Å²) in [6.45, 7) is 3.79. The van der Waals surface area contributed by atoms with Gasteiger partial charge >= 0.3 is 6.03 Å². The quantitative estimate of drug-likeness (QED) is 0.788. The van der Waals surface area contributed by atoms with Gasteiger partial charge in [-0.05, 0) is 12.1 Å². The first-order valence-electron chi connectivity index (χ1n) is 9.09. The van der Waals surface area contributed by atoms with Crippen LogP contribution in [-0.2, 0) is 16.1 Å². The molecular weight excluding hydrogens is 405 g/mol. The lowest BCUT2D eigenvalue weighted by Crippen LogP contribution is -2.63. The van der Waals surface area contributed by atoms with E-state index >= 15 is 0 Å². The Kier molecular flexibility index (Phi) is 5.46. The minimum atomic E-state index is -0.619. The number of likely N-dealkylation sites (N-methyl/N-ethyl adjacent to an activating group) is 1. The smallest absolute Gasteiger partial charge is 0.325 e. The fourth-order valence-corrected chi connectivity index (χ4v) is 4.23.